The molecule has 0 fully saturated rings. The third-order valence-corrected chi connectivity index (χ3v) is 3.88. The van der Waals surface area contributed by atoms with Crippen molar-refractivity contribution >= 4 is 10.9 Å². The van der Waals surface area contributed by atoms with E-state index in [-0.39, 0.29) is 5.82 Å². The van der Waals surface area contributed by atoms with Gasteiger partial charge in [-0.2, -0.15) is 0 Å². The molecule has 0 N–H and O–H groups in total. The minimum absolute atomic E-state index is 0.280. The molecular weight excluding hydrogens is 277 g/mol. The van der Waals surface area contributed by atoms with E-state index >= 15 is 0 Å². The fourth-order valence-electron chi connectivity index (χ4n) is 2.89. The van der Waals surface area contributed by atoms with Crippen molar-refractivity contribution in [2.75, 3.05) is 0 Å². The van der Waals surface area contributed by atoms with Crippen LogP contribution in [0.1, 0.15) is 31.1 Å². The van der Waals surface area contributed by atoms with Crippen molar-refractivity contribution in [3.8, 4) is 5.75 Å². The van der Waals surface area contributed by atoms with Crippen LogP contribution in [0.5, 0.6) is 5.75 Å². The minimum atomic E-state index is -0.280. The average Bonchev–Trinajstić information content (AvgIpc) is 2.85. The van der Waals surface area contributed by atoms with E-state index in [2.05, 4.69) is 49.6 Å². The highest BCUT2D eigenvalue weighted by atomic mass is 19.1. The molecule has 2 aromatic carbocycles. The SMILES string of the molecule is Cc1cccc2c1cc(COc1cccc(F)c1)n2C(C)C. The molecule has 0 atom stereocenters. The molecule has 3 aromatic rings. The van der Waals surface area contributed by atoms with Gasteiger partial charge < -0.3 is 9.30 Å². The Morgan fingerprint density at radius 1 is 1.09 bits per heavy atom. The fraction of sp³-hybridized carbons (Fsp3) is 0.263. The van der Waals surface area contributed by atoms with Gasteiger partial charge in [-0.15, -0.1) is 0 Å². The van der Waals surface area contributed by atoms with Crippen LogP contribution in [0.4, 0.5) is 4.39 Å². The maximum absolute atomic E-state index is 13.2. The van der Waals surface area contributed by atoms with Crippen LogP contribution in [0.3, 0.4) is 0 Å². The largest absolute Gasteiger partial charge is 0.487 e. The summed E-state index contributed by atoms with van der Waals surface area (Å²) in [6, 6.07) is 15.1. The van der Waals surface area contributed by atoms with Crippen molar-refractivity contribution in [2.24, 2.45) is 0 Å². The van der Waals surface area contributed by atoms with Crippen LogP contribution in [-0.2, 0) is 6.61 Å². The number of rotatable bonds is 4. The van der Waals surface area contributed by atoms with Crippen LogP contribution in [0.25, 0.3) is 10.9 Å². The first-order valence-corrected chi connectivity index (χ1v) is 7.54. The van der Waals surface area contributed by atoms with Gasteiger partial charge in [0.15, 0.2) is 0 Å². The Bertz CT molecular complexity index is 804. The maximum Gasteiger partial charge on any atom is 0.128 e. The highest BCUT2D eigenvalue weighted by Crippen LogP contribution is 2.27. The summed E-state index contributed by atoms with van der Waals surface area (Å²) in [5, 5.41) is 1.24. The Hall–Kier alpha value is -2.29. The molecule has 0 radical (unpaired) electrons. The standard InChI is InChI=1S/C19H20FNO/c1-13(2)21-16(11-18-14(3)6-4-9-19(18)21)12-22-17-8-5-7-15(20)10-17/h4-11,13H,12H2,1-3H3. The van der Waals surface area contributed by atoms with Gasteiger partial charge >= 0.3 is 0 Å². The molecule has 3 heteroatoms. The van der Waals surface area contributed by atoms with Crippen molar-refractivity contribution < 1.29 is 9.13 Å². The first kappa shape index (κ1) is 14.6. The molecule has 0 aliphatic rings. The third kappa shape index (κ3) is 2.71. The van der Waals surface area contributed by atoms with Crippen LogP contribution in [0, 0.1) is 12.7 Å². The molecule has 114 valence electrons. The highest BCUT2D eigenvalue weighted by Gasteiger charge is 2.13. The summed E-state index contributed by atoms with van der Waals surface area (Å²) in [5.41, 5.74) is 3.57. The van der Waals surface area contributed by atoms with E-state index in [9.17, 15) is 4.39 Å². The highest BCUT2D eigenvalue weighted by molar-refractivity contribution is 5.84. The molecule has 1 heterocycles. The van der Waals surface area contributed by atoms with E-state index in [0.717, 1.165) is 5.69 Å². The Balaban J connectivity index is 1.96. The summed E-state index contributed by atoms with van der Waals surface area (Å²) >= 11 is 0. The van der Waals surface area contributed by atoms with Gasteiger partial charge in [0, 0.05) is 23.0 Å². The Labute approximate surface area is 130 Å². The molecule has 0 saturated heterocycles. The van der Waals surface area contributed by atoms with Gasteiger partial charge in [-0.05, 0) is 50.6 Å². The smallest absolute Gasteiger partial charge is 0.128 e. The van der Waals surface area contributed by atoms with Gasteiger partial charge in [0.25, 0.3) is 0 Å². The van der Waals surface area contributed by atoms with Crippen molar-refractivity contribution in [1.29, 1.82) is 0 Å². The number of nitrogens with zero attached hydrogens (tertiary/aromatic N) is 1. The predicted molar refractivity (Wildman–Crippen MR) is 87.8 cm³/mol. The number of aromatic nitrogens is 1. The number of ether oxygens (including phenoxy) is 1. The second kappa shape index (κ2) is 5.84. The monoisotopic (exact) mass is 297 g/mol. The molecule has 0 aliphatic carbocycles. The molecule has 2 nitrogen and oxygen atoms in total. The number of hydrogen-bond donors (Lipinski definition) is 0. The molecule has 22 heavy (non-hydrogen) atoms. The minimum Gasteiger partial charge on any atom is -0.487 e. The van der Waals surface area contributed by atoms with E-state index in [1.807, 2.05) is 0 Å². The van der Waals surface area contributed by atoms with Gasteiger partial charge in [-0.25, -0.2) is 4.39 Å². The number of aryl methyl sites for hydroxylation is 1. The quantitative estimate of drug-likeness (QED) is 0.641. The van der Waals surface area contributed by atoms with Crippen LogP contribution >= 0.6 is 0 Å². The van der Waals surface area contributed by atoms with E-state index in [0.29, 0.717) is 18.4 Å². The zero-order valence-electron chi connectivity index (χ0n) is 13.1. The molecule has 0 spiro atoms. The molecular formula is C19H20FNO. The van der Waals surface area contributed by atoms with Crippen LogP contribution < -0.4 is 4.74 Å². The Kier molecular flexibility index (Phi) is 3.88. The molecule has 0 amide bonds. The number of halogens is 1. The summed E-state index contributed by atoms with van der Waals surface area (Å²) in [4.78, 5) is 0. The molecule has 0 unspecified atom stereocenters. The zero-order chi connectivity index (χ0) is 15.7. The maximum atomic E-state index is 13.2. The van der Waals surface area contributed by atoms with E-state index in [1.165, 1.54) is 28.6 Å². The van der Waals surface area contributed by atoms with Gasteiger partial charge in [0.05, 0.1) is 5.69 Å². The van der Waals surface area contributed by atoms with Crippen molar-refractivity contribution in [3.63, 3.8) is 0 Å². The third-order valence-electron chi connectivity index (χ3n) is 3.88. The lowest BCUT2D eigenvalue weighted by molar-refractivity contribution is 0.291. The van der Waals surface area contributed by atoms with Crippen molar-refractivity contribution in [3.05, 3.63) is 65.6 Å². The normalized spacial score (nSPS) is 11.3. The van der Waals surface area contributed by atoms with Crippen LogP contribution in [-0.4, -0.2) is 4.57 Å². The summed E-state index contributed by atoms with van der Waals surface area (Å²) in [5.74, 6) is 0.273. The summed E-state index contributed by atoms with van der Waals surface area (Å²) < 4.78 is 21.3. The molecule has 0 bridgehead atoms. The lowest BCUT2D eigenvalue weighted by Crippen LogP contribution is -2.08. The number of hydrogen-bond acceptors (Lipinski definition) is 1. The van der Waals surface area contributed by atoms with Gasteiger partial charge in [-0.3, -0.25) is 0 Å². The van der Waals surface area contributed by atoms with E-state index in [4.69, 9.17) is 4.74 Å². The summed E-state index contributed by atoms with van der Waals surface area (Å²) in [6.45, 7) is 6.86. The van der Waals surface area contributed by atoms with E-state index < -0.39 is 0 Å². The van der Waals surface area contributed by atoms with Gasteiger partial charge in [0.2, 0.25) is 0 Å². The summed E-state index contributed by atoms with van der Waals surface area (Å²) in [6.07, 6.45) is 0. The molecule has 3 rings (SSSR count). The van der Waals surface area contributed by atoms with Crippen LogP contribution in [0.15, 0.2) is 48.5 Å². The van der Waals surface area contributed by atoms with E-state index in [1.54, 1.807) is 12.1 Å². The van der Waals surface area contributed by atoms with Crippen LogP contribution in [0.2, 0.25) is 0 Å². The summed E-state index contributed by atoms with van der Waals surface area (Å²) in [7, 11) is 0. The topological polar surface area (TPSA) is 14.2 Å². The fourth-order valence-corrected chi connectivity index (χ4v) is 2.89. The number of fused-ring (bicyclic) bond motifs is 1. The lowest BCUT2D eigenvalue weighted by Gasteiger charge is -2.15. The average molecular weight is 297 g/mol. The first-order chi connectivity index (χ1) is 10.6. The second-order valence-corrected chi connectivity index (χ2v) is 5.85. The predicted octanol–water partition coefficient (Wildman–Crippen LogP) is 5.25. The van der Waals surface area contributed by atoms with Crippen molar-refractivity contribution in [1.82, 2.24) is 4.57 Å². The Morgan fingerprint density at radius 3 is 2.59 bits per heavy atom. The lowest BCUT2D eigenvalue weighted by atomic mass is 10.1. The van der Waals surface area contributed by atoms with Gasteiger partial charge in [-0.1, -0.05) is 18.2 Å². The first-order valence-electron chi connectivity index (χ1n) is 7.54. The van der Waals surface area contributed by atoms with Gasteiger partial charge in [0.1, 0.15) is 18.2 Å². The second-order valence-electron chi connectivity index (χ2n) is 5.85. The zero-order valence-corrected chi connectivity index (χ0v) is 13.1. The Morgan fingerprint density at radius 2 is 1.86 bits per heavy atom. The van der Waals surface area contributed by atoms with Crippen molar-refractivity contribution in [2.45, 2.75) is 33.4 Å². The number of benzene rings is 2. The molecule has 0 aliphatic heterocycles. The molecule has 0 saturated carbocycles. The molecule has 1 aromatic heterocycles.